The van der Waals surface area contributed by atoms with Crippen LogP contribution >= 0.6 is 15.9 Å². The lowest BCUT2D eigenvalue weighted by Gasteiger charge is -2.16. The SMILES string of the molecule is CC(Nc1cccc(-c2ccn[nH]2)c1)c1cccc(Br)c1. The smallest absolute Gasteiger partial charge is 0.0650 e. The summed E-state index contributed by atoms with van der Waals surface area (Å²) in [6, 6.07) is 18.9. The normalized spacial score (nSPS) is 12.1. The van der Waals surface area contributed by atoms with Crippen molar-refractivity contribution in [3.05, 3.63) is 70.8 Å². The second-order valence-corrected chi connectivity index (χ2v) is 5.89. The van der Waals surface area contributed by atoms with Crippen LogP contribution in [0.3, 0.4) is 0 Å². The van der Waals surface area contributed by atoms with E-state index < -0.39 is 0 Å². The third-order valence-corrected chi connectivity index (χ3v) is 3.90. The largest absolute Gasteiger partial charge is 0.379 e. The second kappa shape index (κ2) is 6.14. The fraction of sp³-hybridized carbons (Fsp3) is 0.118. The molecule has 4 heteroatoms. The van der Waals surface area contributed by atoms with Gasteiger partial charge in [-0.1, -0.05) is 40.2 Å². The monoisotopic (exact) mass is 341 g/mol. The van der Waals surface area contributed by atoms with Gasteiger partial charge in [0.15, 0.2) is 0 Å². The zero-order chi connectivity index (χ0) is 14.7. The van der Waals surface area contributed by atoms with E-state index in [9.17, 15) is 0 Å². The Morgan fingerprint density at radius 2 is 1.95 bits per heavy atom. The molecule has 0 saturated heterocycles. The van der Waals surface area contributed by atoms with E-state index in [-0.39, 0.29) is 6.04 Å². The van der Waals surface area contributed by atoms with E-state index in [0.29, 0.717) is 0 Å². The van der Waals surface area contributed by atoms with Gasteiger partial charge < -0.3 is 5.32 Å². The summed E-state index contributed by atoms with van der Waals surface area (Å²) in [5.74, 6) is 0. The summed E-state index contributed by atoms with van der Waals surface area (Å²) in [4.78, 5) is 0. The molecule has 1 heterocycles. The van der Waals surface area contributed by atoms with Crippen molar-refractivity contribution in [1.82, 2.24) is 10.2 Å². The van der Waals surface area contributed by atoms with E-state index in [4.69, 9.17) is 0 Å². The fourth-order valence-electron chi connectivity index (χ4n) is 2.30. The topological polar surface area (TPSA) is 40.7 Å². The Morgan fingerprint density at radius 1 is 1.10 bits per heavy atom. The van der Waals surface area contributed by atoms with Gasteiger partial charge in [-0.2, -0.15) is 5.10 Å². The first kappa shape index (κ1) is 13.9. The first-order valence-electron chi connectivity index (χ1n) is 6.84. The molecule has 106 valence electrons. The van der Waals surface area contributed by atoms with E-state index >= 15 is 0 Å². The average Bonchev–Trinajstić information content (AvgIpc) is 3.02. The average molecular weight is 342 g/mol. The van der Waals surface area contributed by atoms with Crippen LogP contribution in [-0.2, 0) is 0 Å². The van der Waals surface area contributed by atoms with Crippen LogP contribution in [0.1, 0.15) is 18.5 Å². The molecule has 0 aliphatic heterocycles. The van der Waals surface area contributed by atoms with Crippen molar-refractivity contribution in [3.8, 4) is 11.3 Å². The number of nitrogens with one attached hydrogen (secondary N) is 2. The molecule has 0 spiro atoms. The molecule has 0 bridgehead atoms. The Balaban J connectivity index is 1.80. The highest BCUT2D eigenvalue weighted by atomic mass is 79.9. The lowest BCUT2D eigenvalue weighted by molar-refractivity contribution is 0.884. The summed E-state index contributed by atoms with van der Waals surface area (Å²) in [6.07, 6.45) is 1.76. The highest BCUT2D eigenvalue weighted by Gasteiger charge is 2.07. The molecule has 3 nitrogen and oxygen atoms in total. The zero-order valence-electron chi connectivity index (χ0n) is 11.7. The van der Waals surface area contributed by atoms with Crippen LogP contribution in [0.15, 0.2) is 65.3 Å². The van der Waals surface area contributed by atoms with Crippen LogP contribution in [0.25, 0.3) is 11.3 Å². The molecule has 2 aromatic carbocycles. The first-order chi connectivity index (χ1) is 10.2. The van der Waals surface area contributed by atoms with Crippen molar-refractivity contribution < 1.29 is 0 Å². The maximum atomic E-state index is 4.00. The lowest BCUT2D eigenvalue weighted by Crippen LogP contribution is -2.06. The minimum atomic E-state index is 0.236. The molecule has 0 fully saturated rings. The van der Waals surface area contributed by atoms with Gasteiger partial charge in [0.2, 0.25) is 0 Å². The highest BCUT2D eigenvalue weighted by Crippen LogP contribution is 2.25. The molecular weight excluding hydrogens is 326 g/mol. The predicted octanol–water partition coefficient (Wildman–Crippen LogP) is 5.01. The zero-order valence-corrected chi connectivity index (χ0v) is 13.3. The molecule has 2 N–H and O–H groups in total. The van der Waals surface area contributed by atoms with Gasteiger partial charge in [0, 0.05) is 28.0 Å². The number of rotatable bonds is 4. The number of halogens is 1. The first-order valence-corrected chi connectivity index (χ1v) is 7.63. The van der Waals surface area contributed by atoms with Crippen molar-refractivity contribution in [2.24, 2.45) is 0 Å². The van der Waals surface area contributed by atoms with Crippen molar-refractivity contribution in [2.75, 3.05) is 5.32 Å². The third-order valence-electron chi connectivity index (χ3n) is 3.41. The van der Waals surface area contributed by atoms with Crippen LogP contribution in [0.4, 0.5) is 5.69 Å². The van der Waals surface area contributed by atoms with Gasteiger partial charge >= 0.3 is 0 Å². The Kier molecular flexibility index (Phi) is 4.06. The van der Waals surface area contributed by atoms with Crippen LogP contribution < -0.4 is 5.32 Å². The van der Waals surface area contributed by atoms with Gasteiger partial charge in [0.1, 0.15) is 0 Å². The van der Waals surface area contributed by atoms with E-state index in [2.05, 4.69) is 74.8 Å². The van der Waals surface area contributed by atoms with E-state index in [0.717, 1.165) is 21.4 Å². The van der Waals surface area contributed by atoms with Crippen LogP contribution in [0, 0.1) is 0 Å². The quantitative estimate of drug-likeness (QED) is 0.700. The molecule has 3 aromatic rings. The maximum absolute atomic E-state index is 4.00. The summed E-state index contributed by atoms with van der Waals surface area (Å²) in [5.41, 5.74) is 4.48. The molecule has 0 saturated carbocycles. The number of aromatic nitrogens is 2. The number of anilines is 1. The maximum Gasteiger partial charge on any atom is 0.0650 e. The number of nitrogens with zero attached hydrogens (tertiary/aromatic N) is 1. The van der Waals surface area contributed by atoms with Gasteiger partial charge in [-0.3, -0.25) is 5.10 Å². The molecule has 0 amide bonds. The number of H-pyrrole nitrogens is 1. The molecule has 0 aliphatic carbocycles. The van der Waals surface area contributed by atoms with E-state index in [1.54, 1.807) is 6.20 Å². The predicted molar refractivity (Wildman–Crippen MR) is 90.2 cm³/mol. The molecular formula is C17H16BrN3. The summed E-state index contributed by atoms with van der Waals surface area (Å²) in [7, 11) is 0. The van der Waals surface area contributed by atoms with Gasteiger partial charge in [0.05, 0.1) is 5.69 Å². The second-order valence-electron chi connectivity index (χ2n) is 4.97. The molecule has 0 radical (unpaired) electrons. The minimum Gasteiger partial charge on any atom is -0.379 e. The number of hydrogen-bond acceptors (Lipinski definition) is 2. The Labute approximate surface area is 132 Å². The van der Waals surface area contributed by atoms with Crippen molar-refractivity contribution in [2.45, 2.75) is 13.0 Å². The lowest BCUT2D eigenvalue weighted by atomic mass is 10.1. The van der Waals surface area contributed by atoms with Gasteiger partial charge in [-0.25, -0.2) is 0 Å². The number of aromatic amines is 1. The van der Waals surface area contributed by atoms with Gasteiger partial charge in [-0.15, -0.1) is 0 Å². The molecule has 3 rings (SSSR count). The Hall–Kier alpha value is -2.07. The number of hydrogen-bond donors (Lipinski definition) is 2. The summed E-state index contributed by atoms with van der Waals surface area (Å²) < 4.78 is 1.10. The van der Waals surface area contributed by atoms with Gasteiger partial charge in [-0.05, 0) is 42.8 Å². The Bertz CT molecular complexity index is 722. The minimum absolute atomic E-state index is 0.236. The molecule has 1 atom stereocenters. The molecule has 21 heavy (non-hydrogen) atoms. The number of benzene rings is 2. The summed E-state index contributed by atoms with van der Waals surface area (Å²) in [6.45, 7) is 2.16. The van der Waals surface area contributed by atoms with Crippen molar-refractivity contribution >= 4 is 21.6 Å². The summed E-state index contributed by atoms with van der Waals surface area (Å²) in [5, 5.41) is 10.5. The van der Waals surface area contributed by atoms with Crippen molar-refractivity contribution in [1.29, 1.82) is 0 Å². The van der Waals surface area contributed by atoms with Crippen molar-refractivity contribution in [3.63, 3.8) is 0 Å². The van der Waals surface area contributed by atoms with Gasteiger partial charge in [0.25, 0.3) is 0 Å². The van der Waals surface area contributed by atoms with E-state index in [1.165, 1.54) is 5.56 Å². The van der Waals surface area contributed by atoms with Crippen LogP contribution in [-0.4, -0.2) is 10.2 Å². The molecule has 0 aliphatic rings. The van der Waals surface area contributed by atoms with E-state index in [1.807, 2.05) is 18.2 Å². The molecule has 1 unspecified atom stereocenters. The highest BCUT2D eigenvalue weighted by molar-refractivity contribution is 9.10. The summed E-state index contributed by atoms with van der Waals surface area (Å²) >= 11 is 3.51. The van der Waals surface area contributed by atoms with Crippen LogP contribution in [0.2, 0.25) is 0 Å². The third kappa shape index (κ3) is 3.34. The Morgan fingerprint density at radius 3 is 2.71 bits per heavy atom. The van der Waals surface area contributed by atoms with Crippen LogP contribution in [0.5, 0.6) is 0 Å². The molecule has 1 aromatic heterocycles. The fourth-order valence-corrected chi connectivity index (χ4v) is 2.72. The standard InChI is InChI=1S/C17H16BrN3/c1-12(13-4-2-6-15(18)10-13)20-16-7-3-5-14(11-16)17-8-9-19-21-17/h2-12,20H,1H3,(H,19,21).